The molecule has 0 aliphatic carbocycles. The molecule has 0 radical (unpaired) electrons. The van der Waals surface area contributed by atoms with Crippen molar-refractivity contribution in [3.8, 4) is 5.75 Å². The molecule has 0 saturated heterocycles. The second kappa shape index (κ2) is 5.35. The first-order chi connectivity index (χ1) is 8.56. The van der Waals surface area contributed by atoms with E-state index in [-0.39, 0.29) is 11.6 Å². The molecule has 18 heavy (non-hydrogen) atoms. The average Bonchev–Trinajstić information content (AvgIpc) is 2.34. The Morgan fingerprint density at radius 3 is 2.83 bits per heavy atom. The lowest BCUT2D eigenvalue weighted by Gasteiger charge is -2.08. The molecular formula is C13H12BrFN2O. The summed E-state index contributed by atoms with van der Waals surface area (Å²) in [5, 5.41) is 12.7. The summed E-state index contributed by atoms with van der Waals surface area (Å²) in [7, 11) is 0. The molecule has 2 aromatic rings. The van der Waals surface area contributed by atoms with E-state index in [0.717, 1.165) is 11.4 Å². The third-order valence-corrected chi connectivity index (χ3v) is 3.08. The molecule has 94 valence electrons. The zero-order valence-corrected chi connectivity index (χ0v) is 11.3. The maximum Gasteiger partial charge on any atom is 0.138 e. The van der Waals surface area contributed by atoms with Gasteiger partial charge in [-0.1, -0.05) is 0 Å². The van der Waals surface area contributed by atoms with Gasteiger partial charge in [-0.15, -0.1) is 0 Å². The summed E-state index contributed by atoms with van der Waals surface area (Å²) >= 11 is 3.12. The van der Waals surface area contributed by atoms with E-state index in [1.165, 1.54) is 6.07 Å². The van der Waals surface area contributed by atoms with Gasteiger partial charge in [0.15, 0.2) is 0 Å². The first-order valence-corrected chi connectivity index (χ1v) is 6.20. The Bertz CT molecular complexity index is 575. The Labute approximate surface area is 113 Å². The summed E-state index contributed by atoms with van der Waals surface area (Å²) in [6, 6.07) is 8.00. The molecule has 0 fully saturated rings. The molecule has 0 spiro atoms. The van der Waals surface area contributed by atoms with Crippen molar-refractivity contribution >= 4 is 21.6 Å². The van der Waals surface area contributed by atoms with Gasteiger partial charge in [0.2, 0.25) is 0 Å². The highest BCUT2D eigenvalue weighted by molar-refractivity contribution is 9.10. The molecule has 0 saturated carbocycles. The lowest BCUT2D eigenvalue weighted by molar-refractivity contribution is 0.464. The number of halogens is 2. The highest BCUT2D eigenvalue weighted by Gasteiger charge is 2.04. The van der Waals surface area contributed by atoms with Crippen LogP contribution in [-0.4, -0.2) is 10.1 Å². The average molecular weight is 311 g/mol. The van der Waals surface area contributed by atoms with Crippen molar-refractivity contribution in [1.29, 1.82) is 0 Å². The summed E-state index contributed by atoms with van der Waals surface area (Å²) in [4.78, 5) is 4.23. The Kier molecular flexibility index (Phi) is 3.81. The summed E-state index contributed by atoms with van der Waals surface area (Å²) < 4.78 is 13.4. The number of hydrogen-bond acceptors (Lipinski definition) is 3. The second-order valence-electron chi connectivity index (χ2n) is 3.90. The van der Waals surface area contributed by atoms with Gasteiger partial charge >= 0.3 is 0 Å². The maximum atomic E-state index is 13.1. The Balaban J connectivity index is 2.11. The third-order valence-electron chi connectivity index (χ3n) is 2.47. The van der Waals surface area contributed by atoms with E-state index in [9.17, 15) is 9.50 Å². The molecule has 2 N–H and O–H groups in total. The highest BCUT2D eigenvalue weighted by Crippen LogP contribution is 2.21. The quantitative estimate of drug-likeness (QED) is 0.910. The van der Waals surface area contributed by atoms with Gasteiger partial charge in [-0.3, -0.25) is 4.98 Å². The number of rotatable bonds is 3. The second-order valence-corrected chi connectivity index (χ2v) is 4.76. The SMILES string of the molecule is Cc1ccc(O)c(CNc2ccc(F)c(Br)c2)n1. The predicted octanol–water partition coefficient (Wildman–Crippen LogP) is 3.61. The van der Waals surface area contributed by atoms with Gasteiger partial charge in [-0.2, -0.15) is 0 Å². The molecule has 0 bridgehead atoms. The van der Waals surface area contributed by atoms with Crippen LogP contribution in [-0.2, 0) is 6.54 Å². The van der Waals surface area contributed by atoms with E-state index in [1.807, 2.05) is 6.92 Å². The van der Waals surface area contributed by atoms with Crippen molar-refractivity contribution < 1.29 is 9.50 Å². The van der Waals surface area contributed by atoms with E-state index in [4.69, 9.17) is 0 Å². The topological polar surface area (TPSA) is 45.1 Å². The Hall–Kier alpha value is -1.62. The number of hydrogen-bond donors (Lipinski definition) is 2. The van der Waals surface area contributed by atoms with Crippen LogP contribution in [0, 0.1) is 12.7 Å². The lowest BCUT2D eigenvalue weighted by atomic mass is 10.2. The van der Waals surface area contributed by atoms with Crippen LogP contribution in [0.2, 0.25) is 0 Å². The van der Waals surface area contributed by atoms with Crippen molar-refractivity contribution in [3.05, 3.63) is 52.0 Å². The van der Waals surface area contributed by atoms with Crippen LogP contribution in [0.25, 0.3) is 0 Å². The Morgan fingerprint density at radius 2 is 2.11 bits per heavy atom. The van der Waals surface area contributed by atoms with Crippen molar-refractivity contribution in [3.63, 3.8) is 0 Å². The summed E-state index contributed by atoms with van der Waals surface area (Å²) in [5.74, 6) is -0.161. The number of nitrogens with one attached hydrogen (secondary N) is 1. The molecule has 1 aromatic heterocycles. The predicted molar refractivity (Wildman–Crippen MR) is 72.1 cm³/mol. The third kappa shape index (κ3) is 2.98. The summed E-state index contributed by atoms with van der Waals surface area (Å²) in [5.41, 5.74) is 2.16. The van der Waals surface area contributed by atoms with Gasteiger partial charge in [0.05, 0.1) is 11.0 Å². The zero-order valence-electron chi connectivity index (χ0n) is 9.74. The van der Waals surface area contributed by atoms with Crippen LogP contribution in [0.4, 0.5) is 10.1 Å². The minimum atomic E-state index is -0.308. The Morgan fingerprint density at radius 1 is 1.33 bits per heavy atom. The number of pyridine rings is 1. The maximum absolute atomic E-state index is 13.1. The minimum Gasteiger partial charge on any atom is -0.506 e. The molecule has 0 atom stereocenters. The molecule has 0 amide bonds. The molecule has 0 aliphatic rings. The van der Waals surface area contributed by atoms with Crippen LogP contribution >= 0.6 is 15.9 Å². The molecule has 3 nitrogen and oxygen atoms in total. The number of anilines is 1. The summed E-state index contributed by atoms with van der Waals surface area (Å²) in [6.45, 7) is 2.24. The van der Waals surface area contributed by atoms with E-state index in [0.29, 0.717) is 16.7 Å². The fraction of sp³-hybridized carbons (Fsp3) is 0.154. The van der Waals surface area contributed by atoms with Crippen molar-refractivity contribution in [2.45, 2.75) is 13.5 Å². The first-order valence-electron chi connectivity index (χ1n) is 5.40. The summed E-state index contributed by atoms with van der Waals surface area (Å²) in [6.07, 6.45) is 0. The largest absolute Gasteiger partial charge is 0.506 e. The van der Waals surface area contributed by atoms with Gasteiger partial charge in [0.1, 0.15) is 17.3 Å². The minimum absolute atomic E-state index is 0.147. The first kappa shape index (κ1) is 12.8. The van der Waals surface area contributed by atoms with Gasteiger partial charge in [0, 0.05) is 11.4 Å². The van der Waals surface area contributed by atoms with E-state index in [2.05, 4.69) is 26.2 Å². The lowest BCUT2D eigenvalue weighted by Crippen LogP contribution is -2.03. The van der Waals surface area contributed by atoms with Crippen molar-refractivity contribution in [2.75, 3.05) is 5.32 Å². The fourth-order valence-corrected chi connectivity index (χ4v) is 1.90. The van der Waals surface area contributed by atoms with Gasteiger partial charge in [0.25, 0.3) is 0 Å². The molecule has 1 aromatic carbocycles. The molecule has 1 heterocycles. The van der Waals surface area contributed by atoms with E-state index < -0.39 is 0 Å². The number of aryl methyl sites for hydroxylation is 1. The van der Waals surface area contributed by atoms with Crippen molar-refractivity contribution in [2.24, 2.45) is 0 Å². The van der Waals surface area contributed by atoms with Crippen LogP contribution in [0.1, 0.15) is 11.4 Å². The molecule has 0 aliphatic heterocycles. The number of nitrogens with zero attached hydrogens (tertiary/aromatic N) is 1. The van der Waals surface area contributed by atoms with Gasteiger partial charge in [-0.05, 0) is 53.2 Å². The van der Waals surface area contributed by atoms with Crippen LogP contribution in [0.5, 0.6) is 5.75 Å². The standard InChI is InChI=1S/C13H12BrFN2O/c1-8-2-5-13(18)12(17-8)7-16-9-3-4-11(15)10(14)6-9/h2-6,16,18H,7H2,1H3. The molecule has 0 unspecified atom stereocenters. The number of aromatic hydroxyl groups is 1. The monoisotopic (exact) mass is 310 g/mol. The number of aromatic nitrogens is 1. The highest BCUT2D eigenvalue weighted by atomic mass is 79.9. The van der Waals surface area contributed by atoms with Crippen LogP contribution < -0.4 is 5.32 Å². The van der Waals surface area contributed by atoms with Crippen LogP contribution in [0.3, 0.4) is 0 Å². The zero-order chi connectivity index (χ0) is 13.1. The van der Waals surface area contributed by atoms with E-state index in [1.54, 1.807) is 24.3 Å². The molecule has 5 heteroatoms. The van der Waals surface area contributed by atoms with E-state index >= 15 is 0 Å². The van der Waals surface area contributed by atoms with Gasteiger partial charge < -0.3 is 10.4 Å². The number of benzene rings is 1. The fourth-order valence-electron chi connectivity index (χ4n) is 1.53. The normalized spacial score (nSPS) is 10.4. The molecule has 2 rings (SSSR count). The van der Waals surface area contributed by atoms with Crippen LogP contribution in [0.15, 0.2) is 34.8 Å². The van der Waals surface area contributed by atoms with Gasteiger partial charge in [-0.25, -0.2) is 4.39 Å². The van der Waals surface area contributed by atoms with Crippen molar-refractivity contribution in [1.82, 2.24) is 4.98 Å². The smallest absolute Gasteiger partial charge is 0.138 e. The molecular weight excluding hydrogens is 299 g/mol.